The second-order valence-electron chi connectivity index (χ2n) is 6.73. The minimum Gasteiger partial charge on any atom is -0.352 e. The highest BCUT2D eigenvalue weighted by Crippen LogP contribution is 2.25. The summed E-state index contributed by atoms with van der Waals surface area (Å²) in [5, 5.41) is 3.41. The van der Waals surface area contributed by atoms with E-state index >= 15 is 0 Å². The van der Waals surface area contributed by atoms with Crippen molar-refractivity contribution in [2.45, 2.75) is 11.3 Å². The van der Waals surface area contributed by atoms with Crippen LogP contribution in [0.25, 0.3) is 0 Å². The zero-order valence-corrected chi connectivity index (χ0v) is 18.4. The zero-order valence-electron chi connectivity index (χ0n) is 16.1. The molecule has 0 saturated carbocycles. The molecule has 1 fully saturated rings. The number of nitrogens with one attached hydrogen (secondary N) is 1. The largest absolute Gasteiger partial charge is 0.352 e. The molecule has 0 atom stereocenters. The third-order valence-electron chi connectivity index (χ3n) is 4.78. The first-order valence-electron chi connectivity index (χ1n) is 9.35. The van der Waals surface area contributed by atoms with Gasteiger partial charge in [-0.2, -0.15) is 4.31 Å². The quantitative estimate of drug-likeness (QED) is 0.704. The van der Waals surface area contributed by atoms with Crippen LogP contribution in [-0.4, -0.2) is 62.2 Å². The lowest BCUT2D eigenvalue weighted by Crippen LogP contribution is -2.50. The van der Waals surface area contributed by atoms with Gasteiger partial charge in [0.15, 0.2) is 0 Å². The van der Waals surface area contributed by atoms with Gasteiger partial charge in [-0.1, -0.05) is 35.3 Å². The highest BCUT2D eigenvalue weighted by atomic mass is 35.5. The molecule has 10 heteroatoms. The Bertz CT molecular complexity index is 1020. The number of piperazine rings is 1. The van der Waals surface area contributed by atoms with Crippen molar-refractivity contribution in [3.8, 4) is 0 Å². The Morgan fingerprint density at radius 3 is 2.20 bits per heavy atom. The summed E-state index contributed by atoms with van der Waals surface area (Å²) < 4.78 is 26.9. The molecule has 0 aliphatic carbocycles. The van der Waals surface area contributed by atoms with Crippen LogP contribution in [0.15, 0.2) is 53.4 Å². The van der Waals surface area contributed by atoms with Crippen molar-refractivity contribution in [3.05, 3.63) is 64.1 Å². The lowest BCUT2D eigenvalue weighted by Gasteiger charge is -2.34. The van der Waals surface area contributed by atoms with Crippen LogP contribution in [0.3, 0.4) is 0 Å². The fraction of sp³-hybridized carbons (Fsp3) is 0.300. The summed E-state index contributed by atoms with van der Waals surface area (Å²) >= 11 is 11.8. The molecular weight excluding hydrogens is 449 g/mol. The molecule has 0 bridgehead atoms. The molecule has 1 saturated heterocycles. The number of carbonyl (C=O) groups is 2. The lowest BCUT2D eigenvalue weighted by molar-refractivity contribution is -0.132. The molecule has 0 aromatic heterocycles. The maximum atomic E-state index is 12.8. The van der Waals surface area contributed by atoms with Crippen LogP contribution in [-0.2, 0) is 14.8 Å². The number of benzene rings is 2. The molecule has 3 rings (SSSR count). The lowest BCUT2D eigenvalue weighted by atomic mass is 10.2. The third kappa shape index (κ3) is 5.31. The monoisotopic (exact) mass is 469 g/mol. The summed E-state index contributed by atoms with van der Waals surface area (Å²) in [5.74, 6) is -0.420. The van der Waals surface area contributed by atoms with E-state index in [1.54, 1.807) is 41.3 Å². The van der Waals surface area contributed by atoms with Crippen molar-refractivity contribution in [1.82, 2.24) is 14.5 Å². The van der Waals surface area contributed by atoms with Crippen LogP contribution in [0, 0.1) is 0 Å². The Morgan fingerprint density at radius 1 is 0.933 bits per heavy atom. The van der Waals surface area contributed by atoms with Crippen molar-refractivity contribution in [2.24, 2.45) is 0 Å². The molecule has 30 heavy (non-hydrogen) atoms. The van der Waals surface area contributed by atoms with Crippen molar-refractivity contribution in [1.29, 1.82) is 0 Å². The number of hydrogen-bond donors (Lipinski definition) is 1. The fourth-order valence-corrected chi connectivity index (χ4v) is 5.16. The molecule has 160 valence electrons. The minimum absolute atomic E-state index is 0.0661. The first-order chi connectivity index (χ1) is 14.3. The van der Waals surface area contributed by atoms with Crippen LogP contribution < -0.4 is 5.32 Å². The second-order valence-corrected chi connectivity index (χ2v) is 9.48. The predicted molar refractivity (Wildman–Crippen MR) is 115 cm³/mol. The maximum Gasteiger partial charge on any atom is 0.251 e. The van der Waals surface area contributed by atoms with Gasteiger partial charge in [-0.15, -0.1) is 0 Å². The van der Waals surface area contributed by atoms with Crippen molar-refractivity contribution < 1.29 is 18.0 Å². The van der Waals surface area contributed by atoms with E-state index in [0.29, 0.717) is 10.6 Å². The van der Waals surface area contributed by atoms with Gasteiger partial charge < -0.3 is 10.2 Å². The molecule has 7 nitrogen and oxygen atoms in total. The minimum atomic E-state index is -3.71. The standard InChI is InChI=1S/C20H21Cl2N3O4S/c21-16-7-5-15(6-8-16)20(27)23-10-9-19(26)24-11-13-25(14-12-24)30(28,29)18-4-2-1-3-17(18)22/h1-8H,9-14H2,(H,23,27). The average Bonchev–Trinajstić information content (AvgIpc) is 2.74. The highest BCUT2D eigenvalue weighted by Gasteiger charge is 2.31. The highest BCUT2D eigenvalue weighted by molar-refractivity contribution is 7.89. The Morgan fingerprint density at radius 2 is 1.57 bits per heavy atom. The Kier molecular flexibility index (Phi) is 7.36. The van der Waals surface area contributed by atoms with Crippen molar-refractivity contribution >= 4 is 45.0 Å². The Balaban J connectivity index is 1.48. The smallest absolute Gasteiger partial charge is 0.251 e. The van der Waals surface area contributed by atoms with Gasteiger partial charge in [-0.25, -0.2) is 8.42 Å². The molecule has 0 spiro atoms. The Hall–Kier alpha value is -2.13. The SMILES string of the molecule is O=C(NCCC(=O)N1CCN(S(=O)(=O)c2ccccc2Cl)CC1)c1ccc(Cl)cc1. The molecule has 1 heterocycles. The van der Waals surface area contributed by atoms with Gasteiger partial charge in [0, 0.05) is 49.7 Å². The summed E-state index contributed by atoms with van der Waals surface area (Å²) in [5.41, 5.74) is 0.463. The first-order valence-corrected chi connectivity index (χ1v) is 11.5. The van der Waals surface area contributed by atoms with Crippen molar-refractivity contribution in [3.63, 3.8) is 0 Å². The van der Waals surface area contributed by atoms with E-state index in [-0.39, 0.29) is 60.9 Å². The fourth-order valence-electron chi connectivity index (χ4n) is 3.12. The summed E-state index contributed by atoms with van der Waals surface area (Å²) in [6.07, 6.45) is 0.136. The molecule has 0 unspecified atom stereocenters. The number of rotatable bonds is 6. The molecule has 2 aromatic carbocycles. The zero-order chi connectivity index (χ0) is 21.7. The number of nitrogens with zero attached hydrogens (tertiary/aromatic N) is 2. The predicted octanol–water partition coefficient (Wildman–Crippen LogP) is 2.65. The topological polar surface area (TPSA) is 86.8 Å². The molecule has 2 aromatic rings. The van der Waals surface area contributed by atoms with E-state index in [9.17, 15) is 18.0 Å². The van der Waals surface area contributed by atoms with Crippen LogP contribution in [0.5, 0.6) is 0 Å². The van der Waals surface area contributed by atoms with Gasteiger partial charge in [0.05, 0.1) is 5.02 Å². The summed E-state index contributed by atoms with van der Waals surface area (Å²) in [6.45, 7) is 1.15. The van der Waals surface area contributed by atoms with Crippen LogP contribution in [0.2, 0.25) is 10.0 Å². The average molecular weight is 470 g/mol. The number of halogens is 2. The molecule has 2 amide bonds. The molecule has 1 N–H and O–H groups in total. The van der Waals surface area contributed by atoms with Crippen LogP contribution in [0.1, 0.15) is 16.8 Å². The maximum absolute atomic E-state index is 12.8. The number of carbonyl (C=O) groups excluding carboxylic acids is 2. The number of amides is 2. The third-order valence-corrected chi connectivity index (χ3v) is 7.43. The molecular formula is C20H21Cl2N3O4S. The van der Waals surface area contributed by atoms with Gasteiger partial charge >= 0.3 is 0 Å². The molecule has 1 aliphatic heterocycles. The number of hydrogen-bond acceptors (Lipinski definition) is 4. The summed E-state index contributed by atoms with van der Waals surface area (Å²) in [7, 11) is -3.71. The summed E-state index contributed by atoms with van der Waals surface area (Å²) in [6, 6.07) is 12.8. The van der Waals surface area contributed by atoms with E-state index in [4.69, 9.17) is 23.2 Å². The first kappa shape index (κ1) is 22.6. The van der Waals surface area contributed by atoms with E-state index in [1.165, 1.54) is 16.4 Å². The van der Waals surface area contributed by atoms with Crippen LogP contribution >= 0.6 is 23.2 Å². The van der Waals surface area contributed by atoms with Gasteiger partial charge in [0.2, 0.25) is 15.9 Å². The van der Waals surface area contributed by atoms with E-state index in [2.05, 4.69) is 5.32 Å². The summed E-state index contributed by atoms with van der Waals surface area (Å²) in [4.78, 5) is 26.1. The number of sulfonamides is 1. The van der Waals surface area contributed by atoms with Gasteiger partial charge in [-0.3, -0.25) is 9.59 Å². The van der Waals surface area contributed by atoms with E-state index in [0.717, 1.165) is 0 Å². The Labute approximate surface area is 185 Å². The molecule has 1 aliphatic rings. The van der Waals surface area contributed by atoms with Crippen LogP contribution in [0.4, 0.5) is 0 Å². The second kappa shape index (κ2) is 9.78. The van der Waals surface area contributed by atoms with Gasteiger partial charge in [-0.05, 0) is 36.4 Å². The van der Waals surface area contributed by atoms with Gasteiger partial charge in [0.1, 0.15) is 4.90 Å². The normalized spacial score (nSPS) is 15.1. The van der Waals surface area contributed by atoms with Crippen molar-refractivity contribution in [2.75, 3.05) is 32.7 Å². The van der Waals surface area contributed by atoms with E-state index in [1.807, 2.05) is 0 Å². The van der Waals surface area contributed by atoms with Gasteiger partial charge in [0.25, 0.3) is 5.91 Å². The van der Waals surface area contributed by atoms with E-state index < -0.39 is 10.0 Å². The molecule has 0 radical (unpaired) electrons.